The fourth-order valence-corrected chi connectivity index (χ4v) is 3.05. The number of hydrogen-bond acceptors (Lipinski definition) is 4. The highest BCUT2D eigenvalue weighted by Gasteiger charge is 2.34. The van der Waals surface area contributed by atoms with Crippen LogP contribution in [0.3, 0.4) is 0 Å². The Morgan fingerprint density at radius 2 is 1.91 bits per heavy atom. The van der Waals surface area contributed by atoms with Crippen molar-refractivity contribution in [2.24, 2.45) is 11.8 Å². The second-order valence-corrected chi connectivity index (χ2v) is 6.29. The summed E-state index contributed by atoms with van der Waals surface area (Å²) in [7, 11) is 5.68. The smallest absolute Gasteiger partial charge is 0.227 e. The van der Waals surface area contributed by atoms with Crippen molar-refractivity contribution in [2.75, 3.05) is 47.4 Å². The number of amides is 1. The average molecular weight is 306 g/mol. The first-order valence-electron chi connectivity index (χ1n) is 7.69. The minimum atomic E-state index is 0.130. The monoisotopic (exact) mass is 306 g/mol. The standard InChI is InChI=1S/C17H26N2O3/c1-18(2)9-14-10-19(11-15(14)12-20)17(21)8-13-4-6-16(22-3)7-5-13/h4-7,14-15,20H,8-12H2,1-3H3. The molecule has 1 amide bonds. The number of methoxy groups -OCH3 is 1. The van der Waals surface area contributed by atoms with E-state index in [-0.39, 0.29) is 18.4 Å². The summed E-state index contributed by atoms with van der Waals surface area (Å²) in [5.74, 6) is 1.45. The van der Waals surface area contributed by atoms with Gasteiger partial charge in [-0.1, -0.05) is 12.1 Å². The lowest BCUT2D eigenvalue weighted by atomic mass is 9.97. The van der Waals surface area contributed by atoms with Crippen molar-refractivity contribution in [1.82, 2.24) is 9.80 Å². The zero-order chi connectivity index (χ0) is 16.1. The van der Waals surface area contributed by atoms with E-state index in [0.717, 1.165) is 24.4 Å². The second-order valence-electron chi connectivity index (χ2n) is 6.29. The van der Waals surface area contributed by atoms with Gasteiger partial charge in [-0.3, -0.25) is 4.79 Å². The SMILES string of the molecule is COc1ccc(CC(=O)N2CC(CO)C(CN(C)C)C2)cc1. The third-order valence-corrected chi connectivity index (χ3v) is 4.28. The molecule has 5 nitrogen and oxygen atoms in total. The van der Waals surface area contributed by atoms with Gasteiger partial charge in [0.15, 0.2) is 0 Å². The van der Waals surface area contributed by atoms with Gasteiger partial charge in [-0.25, -0.2) is 0 Å². The predicted molar refractivity (Wildman–Crippen MR) is 85.9 cm³/mol. The average Bonchev–Trinajstić information content (AvgIpc) is 2.90. The number of carbonyl (C=O) groups excluding carboxylic acids is 1. The zero-order valence-electron chi connectivity index (χ0n) is 13.7. The number of nitrogens with zero attached hydrogens (tertiary/aromatic N) is 2. The topological polar surface area (TPSA) is 53.0 Å². The van der Waals surface area contributed by atoms with Crippen molar-refractivity contribution in [3.63, 3.8) is 0 Å². The van der Waals surface area contributed by atoms with Crippen LogP contribution < -0.4 is 4.74 Å². The summed E-state index contributed by atoms with van der Waals surface area (Å²) in [6, 6.07) is 7.59. The van der Waals surface area contributed by atoms with Gasteiger partial charge in [-0.2, -0.15) is 0 Å². The van der Waals surface area contributed by atoms with Crippen LogP contribution >= 0.6 is 0 Å². The molecule has 1 aliphatic rings. The van der Waals surface area contributed by atoms with E-state index in [2.05, 4.69) is 4.90 Å². The molecular weight excluding hydrogens is 280 g/mol. The molecule has 0 spiro atoms. The fourth-order valence-electron chi connectivity index (χ4n) is 3.05. The van der Waals surface area contributed by atoms with Crippen molar-refractivity contribution in [3.8, 4) is 5.75 Å². The lowest BCUT2D eigenvalue weighted by molar-refractivity contribution is -0.129. The maximum Gasteiger partial charge on any atom is 0.227 e. The molecule has 1 saturated heterocycles. The summed E-state index contributed by atoms with van der Waals surface area (Å²) < 4.78 is 5.13. The number of carbonyl (C=O) groups is 1. The summed E-state index contributed by atoms with van der Waals surface area (Å²) in [6.45, 7) is 2.44. The van der Waals surface area contributed by atoms with Crippen molar-refractivity contribution >= 4 is 5.91 Å². The van der Waals surface area contributed by atoms with E-state index in [0.29, 0.717) is 18.9 Å². The molecule has 1 aliphatic heterocycles. The Balaban J connectivity index is 1.94. The second kappa shape index (κ2) is 7.61. The van der Waals surface area contributed by atoms with E-state index in [1.807, 2.05) is 43.3 Å². The van der Waals surface area contributed by atoms with E-state index >= 15 is 0 Å². The summed E-state index contributed by atoms with van der Waals surface area (Å²) in [6.07, 6.45) is 0.400. The highest BCUT2D eigenvalue weighted by Crippen LogP contribution is 2.24. The Morgan fingerprint density at radius 1 is 1.27 bits per heavy atom. The Kier molecular flexibility index (Phi) is 5.80. The first kappa shape index (κ1) is 16.8. The lowest BCUT2D eigenvalue weighted by Crippen LogP contribution is -2.31. The third-order valence-electron chi connectivity index (χ3n) is 4.28. The van der Waals surface area contributed by atoms with Crippen LogP contribution in [0.4, 0.5) is 0 Å². The number of likely N-dealkylation sites (tertiary alicyclic amines) is 1. The van der Waals surface area contributed by atoms with Gasteiger partial charge in [0.1, 0.15) is 5.75 Å². The number of ether oxygens (including phenoxy) is 1. The molecule has 0 radical (unpaired) electrons. The van der Waals surface area contributed by atoms with Crippen molar-refractivity contribution < 1.29 is 14.6 Å². The maximum absolute atomic E-state index is 12.5. The van der Waals surface area contributed by atoms with Gasteiger partial charge >= 0.3 is 0 Å². The number of aliphatic hydroxyl groups excluding tert-OH is 1. The zero-order valence-corrected chi connectivity index (χ0v) is 13.7. The van der Waals surface area contributed by atoms with E-state index in [1.165, 1.54) is 0 Å². The van der Waals surface area contributed by atoms with Gasteiger partial charge in [0, 0.05) is 32.2 Å². The Hall–Kier alpha value is -1.59. The minimum Gasteiger partial charge on any atom is -0.497 e. The normalized spacial score (nSPS) is 21.4. The van der Waals surface area contributed by atoms with Gasteiger partial charge in [-0.15, -0.1) is 0 Å². The largest absolute Gasteiger partial charge is 0.497 e. The van der Waals surface area contributed by atoms with Gasteiger partial charge in [0.2, 0.25) is 5.91 Å². The van der Waals surface area contributed by atoms with Crippen LogP contribution in [0.15, 0.2) is 24.3 Å². The molecule has 1 fully saturated rings. The molecule has 5 heteroatoms. The maximum atomic E-state index is 12.5. The van der Waals surface area contributed by atoms with E-state index < -0.39 is 0 Å². The summed E-state index contributed by atoms with van der Waals surface area (Å²) in [4.78, 5) is 16.5. The Labute approximate surface area is 132 Å². The molecule has 1 aromatic rings. The molecule has 22 heavy (non-hydrogen) atoms. The van der Waals surface area contributed by atoms with Gasteiger partial charge in [0.05, 0.1) is 13.5 Å². The van der Waals surface area contributed by atoms with Crippen LogP contribution in [0.2, 0.25) is 0 Å². The highest BCUT2D eigenvalue weighted by atomic mass is 16.5. The molecule has 0 bridgehead atoms. The number of benzene rings is 1. The van der Waals surface area contributed by atoms with Crippen LogP contribution in [0.1, 0.15) is 5.56 Å². The van der Waals surface area contributed by atoms with Crippen LogP contribution in [0.5, 0.6) is 5.75 Å². The van der Waals surface area contributed by atoms with Gasteiger partial charge < -0.3 is 19.6 Å². The number of rotatable bonds is 6. The molecule has 2 unspecified atom stereocenters. The molecule has 2 atom stereocenters. The predicted octanol–water partition coefficient (Wildman–Crippen LogP) is 0.866. The number of hydrogen-bond donors (Lipinski definition) is 1. The molecule has 0 aromatic heterocycles. The molecule has 1 N–H and O–H groups in total. The summed E-state index contributed by atoms with van der Waals surface area (Å²) >= 11 is 0. The summed E-state index contributed by atoms with van der Waals surface area (Å²) in [5, 5.41) is 9.53. The summed E-state index contributed by atoms with van der Waals surface area (Å²) in [5.41, 5.74) is 0.988. The van der Waals surface area contributed by atoms with Crippen molar-refractivity contribution in [2.45, 2.75) is 6.42 Å². The lowest BCUT2D eigenvalue weighted by Gasteiger charge is -2.20. The molecule has 1 aromatic carbocycles. The molecule has 122 valence electrons. The van der Waals surface area contributed by atoms with Crippen LogP contribution in [0.25, 0.3) is 0 Å². The van der Waals surface area contributed by atoms with E-state index in [4.69, 9.17) is 4.74 Å². The van der Waals surface area contributed by atoms with Gasteiger partial charge in [0.25, 0.3) is 0 Å². The molecule has 0 saturated carbocycles. The molecule has 0 aliphatic carbocycles. The fraction of sp³-hybridized carbons (Fsp3) is 0.588. The first-order valence-corrected chi connectivity index (χ1v) is 7.69. The van der Waals surface area contributed by atoms with Gasteiger partial charge in [-0.05, 0) is 37.7 Å². The van der Waals surface area contributed by atoms with E-state index in [9.17, 15) is 9.90 Å². The third kappa shape index (κ3) is 4.21. The Morgan fingerprint density at radius 3 is 2.45 bits per heavy atom. The highest BCUT2D eigenvalue weighted by molar-refractivity contribution is 5.79. The van der Waals surface area contributed by atoms with Crippen LogP contribution in [0, 0.1) is 11.8 Å². The van der Waals surface area contributed by atoms with Crippen LogP contribution in [-0.4, -0.2) is 68.3 Å². The van der Waals surface area contributed by atoms with Crippen molar-refractivity contribution in [1.29, 1.82) is 0 Å². The number of aliphatic hydroxyl groups is 1. The quantitative estimate of drug-likeness (QED) is 0.847. The first-order chi connectivity index (χ1) is 10.5. The molecule has 1 heterocycles. The molecular formula is C17H26N2O3. The minimum absolute atomic E-state index is 0.130. The van der Waals surface area contributed by atoms with E-state index in [1.54, 1.807) is 7.11 Å². The van der Waals surface area contributed by atoms with Crippen LogP contribution in [-0.2, 0) is 11.2 Å². The van der Waals surface area contributed by atoms with Crippen molar-refractivity contribution in [3.05, 3.63) is 29.8 Å². The molecule has 2 rings (SSSR count). The Bertz CT molecular complexity index is 487.